The second-order valence-corrected chi connectivity index (χ2v) is 8.45. The Morgan fingerprint density at radius 2 is 1.97 bits per heavy atom. The molecular weight excluding hydrogens is 437 g/mol. The maximum Gasteiger partial charge on any atom is 0.307 e. The molecule has 3 N–H and O–H groups in total. The molecule has 174 valence electrons. The minimum atomic E-state index is -0.933. The molecule has 0 unspecified atom stereocenters. The molecule has 8 heteroatoms. The van der Waals surface area contributed by atoms with E-state index in [0.29, 0.717) is 51.5 Å². The van der Waals surface area contributed by atoms with Gasteiger partial charge in [0.15, 0.2) is 11.5 Å². The molecular formula is C26H24FN3O4. The number of aliphatic carboxylic acids is 1. The zero-order valence-corrected chi connectivity index (χ0v) is 18.8. The van der Waals surface area contributed by atoms with Crippen molar-refractivity contribution < 1.29 is 23.4 Å². The molecule has 7 nitrogen and oxygen atoms in total. The maximum atomic E-state index is 15.3. The predicted octanol–water partition coefficient (Wildman–Crippen LogP) is 4.60. The van der Waals surface area contributed by atoms with Crippen molar-refractivity contribution in [3.8, 4) is 16.9 Å². The number of oxazole rings is 1. The van der Waals surface area contributed by atoms with Crippen LogP contribution in [0.1, 0.15) is 28.7 Å². The third-order valence-electron chi connectivity index (χ3n) is 6.11. The summed E-state index contributed by atoms with van der Waals surface area (Å²) in [5.74, 6) is -0.312. The summed E-state index contributed by atoms with van der Waals surface area (Å²) in [7, 11) is 1.93. The molecule has 4 aromatic rings. The van der Waals surface area contributed by atoms with Gasteiger partial charge in [-0.15, -0.1) is 0 Å². The van der Waals surface area contributed by atoms with E-state index in [2.05, 4.69) is 4.98 Å². The van der Waals surface area contributed by atoms with E-state index in [-0.39, 0.29) is 18.8 Å². The quantitative estimate of drug-likeness (QED) is 0.448. The highest BCUT2D eigenvalue weighted by atomic mass is 19.1. The highest BCUT2D eigenvalue weighted by Gasteiger charge is 2.29. The SMILES string of the molecule is Cc1nc2c(-c3cccc(CN)c3F)cc([C@H]3CN(C)c4cccc(CC(=O)O)c4O3)cc2o1. The van der Waals surface area contributed by atoms with Crippen LogP contribution < -0.4 is 15.4 Å². The zero-order valence-electron chi connectivity index (χ0n) is 18.8. The number of rotatable bonds is 5. The number of likely N-dealkylation sites (N-methyl/N-ethyl adjacent to an activating group) is 1. The maximum absolute atomic E-state index is 15.3. The van der Waals surface area contributed by atoms with Crippen LogP contribution in [0.4, 0.5) is 10.1 Å². The molecule has 0 bridgehead atoms. The molecule has 0 radical (unpaired) electrons. The fourth-order valence-corrected chi connectivity index (χ4v) is 4.51. The molecule has 2 heterocycles. The second-order valence-electron chi connectivity index (χ2n) is 8.45. The average molecular weight is 461 g/mol. The van der Waals surface area contributed by atoms with E-state index in [0.717, 1.165) is 11.3 Å². The molecule has 0 fully saturated rings. The van der Waals surface area contributed by atoms with E-state index < -0.39 is 12.1 Å². The van der Waals surface area contributed by atoms with Crippen molar-refractivity contribution in [1.29, 1.82) is 0 Å². The first kappa shape index (κ1) is 21.9. The molecule has 0 amide bonds. The van der Waals surface area contributed by atoms with Crippen LogP contribution in [0.3, 0.4) is 0 Å². The van der Waals surface area contributed by atoms with Crippen LogP contribution in [-0.4, -0.2) is 29.7 Å². The monoisotopic (exact) mass is 461 g/mol. The number of benzene rings is 3. The molecule has 1 aliphatic rings. The van der Waals surface area contributed by atoms with Gasteiger partial charge in [-0.2, -0.15) is 0 Å². The Hall–Kier alpha value is -3.91. The smallest absolute Gasteiger partial charge is 0.307 e. The third-order valence-corrected chi connectivity index (χ3v) is 6.11. The summed E-state index contributed by atoms with van der Waals surface area (Å²) in [6, 6.07) is 14.3. The van der Waals surface area contributed by atoms with Crippen LogP contribution >= 0.6 is 0 Å². The Balaban J connectivity index is 1.64. The number of hydrogen-bond donors (Lipinski definition) is 2. The highest BCUT2D eigenvalue weighted by molar-refractivity contribution is 5.92. The number of carbonyl (C=O) groups is 1. The molecule has 1 aromatic heterocycles. The Labute approximate surface area is 195 Å². The van der Waals surface area contributed by atoms with Crippen molar-refractivity contribution in [2.24, 2.45) is 5.73 Å². The van der Waals surface area contributed by atoms with Gasteiger partial charge in [0, 0.05) is 42.8 Å². The van der Waals surface area contributed by atoms with Gasteiger partial charge >= 0.3 is 5.97 Å². The second kappa shape index (κ2) is 8.46. The number of fused-ring (bicyclic) bond motifs is 2. The summed E-state index contributed by atoms with van der Waals surface area (Å²) in [6.45, 7) is 2.35. The minimum Gasteiger partial charge on any atom is -0.481 e. The van der Waals surface area contributed by atoms with Crippen LogP contribution in [0, 0.1) is 12.7 Å². The summed E-state index contributed by atoms with van der Waals surface area (Å²) >= 11 is 0. The Morgan fingerprint density at radius 1 is 1.21 bits per heavy atom. The zero-order chi connectivity index (χ0) is 24.0. The van der Waals surface area contributed by atoms with E-state index >= 15 is 4.39 Å². The number of hydrogen-bond acceptors (Lipinski definition) is 6. The van der Waals surface area contributed by atoms with Crippen molar-refractivity contribution in [3.63, 3.8) is 0 Å². The molecule has 0 spiro atoms. The van der Waals surface area contributed by atoms with Gasteiger partial charge in [0.1, 0.15) is 23.2 Å². The third kappa shape index (κ3) is 3.76. The number of aryl methyl sites for hydroxylation is 1. The molecule has 1 atom stereocenters. The van der Waals surface area contributed by atoms with E-state index in [1.807, 2.05) is 36.2 Å². The molecule has 0 saturated carbocycles. The van der Waals surface area contributed by atoms with Gasteiger partial charge in [-0.25, -0.2) is 9.37 Å². The number of anilines is 1. The van der Waals surface area contributed by atoms with Crippen molar-refractivity contribution in [2.75, 3.05) is 18.5 Å². The standard InChI is InChI=1S/C26H24FN3O4/c1-14-29-25-19(18-7-3-6-16(12-28)24(18)27)9-17(10-21(25)33-14)22-13-30(2)20-8-4-5-15(11-23(31)32)26(20)34-22/h3-10,22H,11-13,28H2,1-2H3,(H,31,32)/t22-/m1/s1. The molecule has 1 aliphatic heterocycles. The Morgan fingerprint density at radius 3 is 2.74 bits per heavy atom. The van der Waals surface area contributed by atoms with Gasteiger partial charge in [0.25, 0.3) is 0 Å². The summed E-state index contributed by atoms with van der Waals surface area (Å²) in [5.41, 5.74) is 10.4. The lowest BCUT2D eigenvalue weighted by atomic mass is 9.96. The first-order valence-electron chi connectivity index (χ1n) is 11.0. The van der Waals surface area contributed by atoms with Crippen LogP contribution in [0.2, 0.25) is 0 Å². The fraction of sp³-hybridized carbons (Fsp3) is 0.231. The molecule has 0 saturated heterocycles. The van der Waals surface area contributed by atoms with Crippen LogP contribution in [-0.2, 0) is 17.8 Å². The number of halogens is 1. The van der Waals surface area contributed by atoms with Gasteiger partial charge in [0.2, 0.25) is 0 Å². The van der Waals surface area contributed by atoms with Crippen molar-refractivity contribution in [1.82, 2.24) is 4.98 Å². The highest BCUT2D eigenvalue weighted by Crippen LogP contribution is 2.42. The number of ether oxygens (including phenoxy) is 1. The summed E-state index contributed by atoms with van der Waals surface area (Å²) < 4.78 is 27.5. The number of para-hydroxylation sites is 1. The lowest BCUT2D eigenvalue weighted by molar-refractivity contribution is -0.136. The van der Waals surface area contributed by atoms with Gasteiger partial charge in [-0.05, 0) is 23.8 Å². The number of carboxylic acid groups (broad SMARTS) is 1. The Kier molecular flexibility index (Phi) is 5.45. The minimum absolute atomic E-state index is 0.0834. The van der Waals surface area contributed by atoms with Crippen molar-refractivity contribution in [2.45, 2.75) is 26.0 Å². The number of nitrogens with zero attached hydrogens (tertiary/aromatic N) is 2. The van der Waals surface area contributed by atoms with E-state index in [9.17, 15) is 9.90 Å². The fourth-order valence-electron chi connectivity index (χ4n) is 4.51. The van der Waals surface area contributed by atoms with Crippen molar-refractivity contribution in [3.05, 3.63) is 76.9 Å². The summed E-state index contributed by atoms with van der Waals surface area (Å²) in [4.78, 5) is 17.9. The van der Waals surface area contributed by atoms with Crippen molar-refractivity contribution >= 4 is 22.8 Å². The first-order chi connectivity index (χ1) is 16.4. The van der Waals surface area contributed by atoms with Gasteiger partial charge in [-0.1, -0.05) is 30.3 Å². The molecule has 5 rings (SSSR count). The molecule has 34 heavy (non-hydrogen) atoms. The number of nitrogens with two attached hydrogens (primary N) is 1. The summed E-state index contributed by atoms with van der Waals surface area (Å²) in [6.07, 6.45) is -0.575. The number of carboxylic acids is 1. The van der Waals surface area contributed by atoms with Crippen LogP contribution in [0.15, 0.2) is 52.9 Å². The number of aromatic nitrogens is 1. The summed E-state index contributed by atoms with van der Waals surface area (Å²) in [5, 5.41) is 9.34. The van der Waals surface area contributed by atoms with Gasteiger partial charge < -0.3 is 24.9 Å². The van der Waals surface area contributed by atoms with E-state index in [1.54, 1.807) is 31.2 Å². The van der Waals surface area contributed by atoms with Crippen LogP contribution in [0.5, 0.6) is 5.75 Å². The molecule has 0 aliphatic carbocycles. The van der Waals surface area contributed by atoms with Gasteiger partial charge in [0.05, 0.1) is 18.7 Å². The predicted molar refractivity (Wildman–Crippen MR) is 126 cm³/mol. The van der Waals surface area contributed by atoms with Crippen LogP contribution in [0.25, 0.3) is 22.2 Å². The van der Waals surface area contributed by atoms with Gasteiger partial charge in [-0.3, -0.25) is 4.79 Å². The average Bonchev–Trinajstić information content (AvgIpc) is 3.19. The largest absolute Gasteiger partial charge is 0.481 e. The normalized spacial score (nSPS) is 15.3. The lowest BCUT2D eigenvalue weighted by Crippen LogP contribution is -2.32. The first-order valence-corrected chi connectivity index (χ1v) is 11.0. The molecule has 3 aromatic carbocycles. The van der Waals surface area contributed by atoms with E-state index in [1.165, 1.54) is 0 Å². The lowest BCUT2D eigenvalue weighted by Gasteiger charge is -2.35. The Bertz CT molecular complexity index is 1410. The topological polar surface area (TPSA) is 102 Å². The van der Waals surface area contributed by atoms with E-state index in [4.69, 9.17) is 14.9 Å².